The molecule has 0 saturated carbocycles. The van der Waals surface area contributed by atoms with E-state index in [1.54, 1.807) is 6.92 Å². The van der Waals surface area contributed by atoms with Crippen LogP contribution in [0.4, 0.5) is 0 Å². The summed E-state index contributed by atoms with van der Waals surface area (Å²) in [6.45, 7) is 5.08. The second-order valence-corrected chi connectivity index (χ2v) is 5.86. The van der Waals surface area contributed by atoms with Crippen molar-refractivity contribution in [1.82, 2.24) is 0 Å². The summed E-state index contributed by atoms with van der Waals surface area (Å²) in [4.78, 5) is 22.1. The number of carboxylic acids is 2. The molecule has 0 unspecified atom stereocenters. The van der Waals surface area contributed by atoms with Crippen molar-refractivity contribution in [3.8, 4) is 11.5 Å². The Labute approximate surface area is 130 Å². The highest BCUT2D eigenvalue weighted by Gasteiger charge is 2.29. The molecule has 0 bridgehead atoms. The van der Waals surface area contributed by atoms with Gasteiger partial charge < -0.3 is 19.7 Å². The van der Waals surface area contributed by atoms with Crippen LogP contribution in [-0.4, -0.2) is 35.4 Å². The van der Waals surface area contributed by atoms with Gasteiger partial charge in [0.1, 0.15) is 6.61 Å². The van der Waals surface area contributed by atoms with Crippen LogP contribution in [0.2, 0.25) is 0 Å². The highest BCUT2D eigenvalue weighted by atomic mass is 79.9. The molecule has 0 atom stereocenters. The minimum absolute atomic E-state index is 0.0511. The molecule has 1 aromatic rings. The van der Waals surface area contributed by atoms with Crippen LogP contribution in [-0.2, 0) is 4.79 Å². The molecule has 2 N–H and O–H groups in total. The van der Waals surface area contributed by atoms with Gasteiger partial charge in [0.25, 0.3) is 0 Å². The Hall–Kier alpha value is -1.76. The standard InChI is InChI=1S/C14H17BrO6/c1-4-20-10-6-8(12(16)17)5-9(15)11(10)21-7-14(2,3)13(18)19/h5-6H,4,7H2,1-3H3,(H,16,17)(H,18,19). The SMILES string of the molecule is CCOc1cc(C(=O)O)cc(Br)c1OCC(C)(C)C(=O)O. The fourth-order valence-corrected chi connectivity index (χ4v) is 1.97. The summed E-state index contributed by atoms with van der Waals surface area (Å²) in [7, 11) is 0. The van der Waals surface area contributed by atoms with Gasteiger partial charge in [0, 0.05) is 0 Å². The van der Waals surface area contributed by atoms with Crippen molar-refractivity contribution in [2.24, 2.45) is 5.41 Å². The number of aliphatic carboxylic acids is 1. The Morgan fingerprint density at radius 3 is 2.33 bits per heavy atom. The average Bonchev–Trinajstić information content (AvgIpc) is 2.37. The Bertz CT molecular complexity index is 553. The van der Waals surface area contributed by atoms with Gasteiger partial charge in [0.15, 0.2) is 11.5 Å². The van der Waals surface area contributed by atoms with Gasteiger partial charge in [0.05, 0.1) is 22.1 Å². The van der Waals surface area contributed by atoms with Crippen LogP contribution in [0.15, 0.2) is 16.6 Å². The van der Waals surface area contributed by atoms with Crippen molar-refractivity contribution < 1.29 is 29.3 Å². The topological polar surface area (TPSA) is 93.1 Å². The molecule has 0 fully saturated rings. The van der Waals surface area contributed by atoms with E-state index in [2.05, 4.69) is 15.9 Å². The molecule has 6 nitrogen and oxygen atoms in total. The lowest BCUT2D eigenvalue weighted by Crippen LogP contribution is -2.30. The Morgan fingerprint density at radius 1 is 1.24 bits per heavy atom. The number of rotatable bonds is 7. The van der Waals surface area contributed by atoms with Gasteiger partial charge in [0.2, 0.25) is 0 Å². The first-order chi connectivity index (χ1) is 9.69. The van der Waals surface area contributed by atoms with Crippen LogP contribution < -0.4 is 9.47 Å². The first-order valence-corrected chi connectivity index (χ1v) is 7.04. The number of hydrogen-bond acceptors (Lipinski definition) is 4. The van der Waals surface area contributed by atoms with Gasteiger partial charge in [-0.25, -0.2) is 4.79 Å². The summed E-state index contributed by atoms with van der Waals surface area (Å²) in [5.74, 6) is -1.53. The van der Waals surface area contributed by atoms with Gasteiger partial charge in [-0.05, 0) is 48.8 Å². The van der Waals surface area contributed by atoms with Gasteiger partial charge >= 0.3 is 11.9 Å². The van der Waals surface area contributed by atoms with E-state index >= 15 is 0 Å². The lowest BCUT2D eigenvalue weighted by atomic mass is 9.95. The van der Waals surface area contributed by atoms with Crippen molar-refractivity contribution in [2.45, 2.75) is 20.8 Å². The zero-order valence-electron chi connectivity index (χ0n) is 12.0. The second kappa shape index (κ2) is 6.80. The third-order valence-corrected chi connectivity index (χ3v) is 3.30. The van der Waals surface area contributed by atoms with E-state index in [4.69, 9.17) is 19.7 Å². The van der Waals surface area contributed by atoms with E-state index in [1.807, 2.05) is 0 Å². The Morgan fingerprint density at radius 2 is 1.86 bits per heavy atom. The smallest absolute Gasteiger partial charge is 0.335 e. The van der Waals surface area contributed by atoms with E-state index < -0.39 is 17.4 Å². The van der Waals surface area contributed by atoms with Gasteiger partial charge in [-0.1, -0.05) is 0 Å². The number of hydrogen-bond donors (Lipinski definition) is 2. The minimum Gasteiger partial charge on any atom is -0.490 e. The summed E-state index contributed by atoms with van der Waals surface area (Å²) < 4.78 is 11.3. The molecule has 1 aromatic carbocycles. The first-order valence-electron chi connectivity index (χ1n) is 6.25. The number of halogens is 1. The summed E-state index contributed by atoms with van der Waals surface area (Å²) in [6.07, 6.45) is 0. The molecule has 1 rings (SSSR count). The summed E-state index contributed by atoms with van der Waals surface area (Å²) in [5.41, 5.74) is -1.02. The number of ether oxygens (including phenoxy) is 2. The van der Waals surface area contributed by atoms with Gasteiger partial charge in [-0.2, -0.15) is 0 Å². The van der Waals surface area contributed by atoms with E-state index in [0.717, 1.165) is 0 Å². The van der Waals surface area contributed by atoms with Crippen LogP contribution in [0, 0.1) is 5.41 Å². The Kier molecular flexibility index (Phi) is 5.60. The largest absolute Gasteiger partial charge is 0.490 e. The molecule has 116 valence electrons. The highest BCUT2D eigenvalue weighted by molar-refractivity contribution is 9.10. The normalized spacial score (nSPS) is 11.0. The van der Waals surface area contributed by atoms with Crippen LogP contribution in [0.1, 0.15) is 31.1 Å². The molecule has 0 spiro atoms. The van der Waals surface area contributed by atoms with Crippen molar-refractivity contribution in [3.63, 3.8) is 0 Å². The summed E-state index contributed by atoms with van der Waals surface area (Å²) in [5, 5.41) is 18.1. The average molecular weight is 361 g/mol. The molecule has 21 heavy (non-hydrogen) atoms. The third kappa shape index (κ3) is 4.35. The van der Waals surface area contributed by atoms with E-state index in [1.165, 1.54) is 26.0 Å². The molecular weight excluding hydrogens is 344 g/mol. The van der Waals surface area contributed by atoms with E-state index in [9.17, 15) is 9.59 Å². The summed E-state index contributed by atoms with van der Waals surface area (Å²) in [6, 6.07) is 2.73. The molecule has 0 aromatic heterocycles. The maximum absolute atomic E-state index is 11.1. The quantitative estimate of drug-likeness (QED) is 0.776. The highest BCUT2D eigenvalue weighted by Crippen LogP contribution is 2.38. The molecule has 0 aliphatic carbocycles. The van der Waals surface area contributed by atoms with Gasteiger partial charge in [-0.3, -0.25) is 4.79 Å². The second-order valence-electron chi connectivity index (χ2n) is 5.00. The van der Waals surface area contributed by atoms with Crippen LogP contribution in [0.3, 0.4) is 0 Å². The monoisotopic (exact) mass is 360 g/mol. The minimum atomic E-state index is -1.09. The molecule has 0 heterocycles. The molecular formula is C14H17BrO6. The molecule has 7 heteroatoms. The zero-order valence-corrected chi connectivity index (χ0v) is 13.6. The van der Waals surface area contributed by atoms with Gasteiger partial charge in [-0.15, -0.1) is 0 Å². The number of aromatic carboxylic acids is 1. The Balaban J connectivity index is 3.11. The third-order valence-electron chi connectivity index (χ3n) is 2.71. The molecule has 0 aliphatic rings. The number of carbonyl (C=O) groups is 2. The first kappa shape index (κ1) is 17.3. The predicted molar refractivity (Wildman–Crippen MR) is 79.2 cm³/mol. The zero-order chi connectivity index (χ0) is 16.2. The van der Waals surface area contributed by atoms with E-state index in [-0.39, 0.29) is 23.7 Å². The van der Waals surface area contributed by atoms with Crippen molar-refractivity contribution in [1.29, 1.82) is 0 Å². The number of carboxylic acid groups (broad SMARTS) is 2. The van der Waals surface area contributed by atoms with Crippen LogP contribution in [0.5, 0.6) is 11.5 Å². The van der Waals surface area contributed by atoms with Crippen molar-refractivity contribution in [2.75, 3.05) is 13.2 Å². The van der Waals surface area contributed by atoms with Crippen molar-refractivity contribution in [3.05, 3.63) is 22.2 Å². The molecule has 0 aliphatic heterocycles. The number of benzene rings is 1. The fraction of sp³-hybridized carbons (Fsp3) is 0.429. The predicted octanol–water partition coefficient (Wildman–Crippen LogP) is 3.04. The molecule has 0 saturated heterocycles. The van der Waals surface area contributed by atoms with E-state index in [0.29, 0.717) is 11.1 Å². The maximum Gasteiger partial charge on any atom is 0.335 e. The summed E-state index contributed by atoms with van der Waals surface area (Å²) >= 11 is 3.23. The lowest BCUT2D eigenvalue weighted by molar-refractivity contribution is -0.148. The van der Waals surface area contributed by atoms with Crippen LogP contribution >= 0.6 is 15.9 Å². The van der Waals surface area contributed by atoms with Crippen molar-refractivity contribution >= 4 is 27.9 Å². The molecule has 0 amide bonds. The van der Waals surface area contributed by atoms with Crippen LogP contribution in [0.25, 0.3) is 0 Å². The molecule has 0 radical (unpaired) electrons. The fourth-order valence-electron chi connectivity index (χ4n) is 1.41. The maximum atomic E-state index is 11.1. The lowest BCUT2D eigenvalue weighted by Gasteiger charge is -2.21.